The van der Waals surface area contributed by atoms with E-state index in [4.69, 9.17) is 0 Å². The second-order valence-corrected chi connectivity index (χ2v) is 5.39. The zero-order valence-corrected chi connectivity index (χ0v) is 10.1. The first-order valence-electron chi connectivity index (χ1n) is 6.69. The molecule has 0 amide bonds. The van der Waals surface area contributed by atoms with Gasteiger partial charge < -0.3 is 5.32 Å². The van der Waals surface area contributed by atoms with Crippen LogP contribution in [0.5, 0.6) is 0 Å². The van der Waals surface area contributed by atoms with Gasteiger partial charge in [-0.3, -0.25) is 0 Å². The highest BCUT2D eigenvalue weighted by molar-refractivity contribution is 5.30. The standard InChI is InChI=1S/C15H21N/c1-2-11-10-15(11)16-14-8-7-12-5-3-4-6-13(12)9-14/h3-6,11,14-16H,2,7-10H2,1H3. The van der Waals surface area contributed by atoms with Gasteiger partial charge in [0.1, 0.15) is 0 Å². The highest BCUT2D eigenvalue weighted by Crippen LogP contribution is 2.34. The van der Waals surface area contributed by atoms with Gasteiger partial charge in [-0.05, 0) is 42.7 Å². The molecule has 0 radical (unpaired) electrons. The van der Waals surface area contributed by atoms with E-state index in [1.54, 1.807) is 11.1 Å². The van der Waals surface area contributed by atoms with Gasteiger partial charge in [-0.25, -0.2) is 0 Å². The van der Waals surface area contributed by atoms with E-state index in [2.05, 4.69) is 36.5 Å². The Morgan fingerprint density at radius 3 is 2.81 bits per heavy atom. The van der Waals surface area contributed by atoms with Crippen LogP contribution in [0.15, 0.2) is 24.3 Å². The third kappa shape index (κ3) is 2.01. The molecule has 86 valence electrons. The van der Waals surface area contributed by atoms with Gasteiger partial charge in [0.05, 0.1) is 0 Å². The number of aryl methyl sites for hydroxylation is 1. The number of hydrogen-bond donors (Lipinski definition) is 1. The Bertz CT molecular complexity index is 371. The predicted molar refractivity (Wildman–Crippen MR) is 67.6 cm³/mol. The largest absolute Gasteiger partial charge is 0.311 e. The lowest BCUT2D eigenvalue weighted by molar-refractivity contribution is 0.443. The van der Waals surface area contributed by atoms with Crippen molar-refractivity contribution in [2.75, 3.05) is 0 Å². The van der Waals surface area contributed by atoms with E-state index in [0.717, 1.165) is 18.0 Å². The van der Waals surface area contributed by atoms with Crippen molar-refractivity contribution in [1.29, 1.82) is 0 Å². The number of fused-ring (bicyclic) bond motifs is 1. The minimum Gasteiger partial charge on any atom is -0.311 e. The van der Waals surface area contributed by atoms with Crippen LogP contribution in [-0.2, 0) is 12.8 Å². The summed E-state index contributed by atoms with van der Waals surface area (Å²) in [4.78, 5) is 0. The van der Waals surface area contributed by atoms with Crippen LogP contribution in [0.3, 0.4) is 0 Å². The maximum atomic E-state index is 3.83. The van der Waals surface area contributed by atoms with Crippen molar-refractivity contribution in [3.05, 3.63) is 35.4 Å². The summed E-state index contributed by atoms with van der Waals surface area (Å²) in [6.07, 6.45) is 6.58. The van der Waals surface area contributed by atoms with Gasteiger partial charge in [0.15, 0.2) is 0 Å². The summed E-state index contributed by atoms with van der Waals surface area (Å²) in [6.45, 7) is 2.31. The molecule has 1 aromatic rings. The Morgan fingerprint density at radius 2 is 2.06 bits per heavy atom. The summed E-state index contributed by atoms with van der Waals surface area (Å²) in [6, 6.07) is 10.5. The molecule has 3 atom stereocenters. The van der Waals surface area contributed by atoms with E-state index in [1.165, 1.54) is 32.1 Å². The van der Waals surface area contributed by atoms with E-state index in [9.17, 15) is 0 Å². The summed E-state index contributed by atoms with van der Waals surface area (Å²) >= 11 is 0. The van der Waals surface area contributed by atoms with E-state index in [-0.39, 0.29) is 0 Å². The Balaban J connectivity index is 1.61. The molecule has 2 aliphatic rings. The van der Waals surface area contributed by atoms with Crippen molar-refractivity contribution in [1.82, 2.24) is 5.32 Å². The molecule has 1 aromatic carbocycles. The predicted octanol–water partition coefficient (Wildman–Crippen LogP) is 2.93. The number of nitrogens with one attached hydrogen (secondary N) is 1. The SMILES string of the molecule is CCC1CC1NC1CCc2ccccc2C1. The van der Waals surface area contributed by atoms with Crippen molar-refractivity contribution in [3.8, 4) is 0 Å². The summed E-state index contributed by atoms with van der Waals surface area (Å²) < 4.78 is 0. The molecule has 16 heavy (non-hydrogen) atoms. The van der Waals surface area contributed by atoms with Crippen LogP contribution in [-0.4, -0.2) is 12.1 Å². The maximum absolute atomic E-state index is 3.83. The Labute approximate surface area is 98.3 Å². The molecule has 0 aromatic heterocycles. The van der Waals surface area contributed by atoms with Crippen molar-refractivity contribution in [2.24, 2.45) is 5.92 Å². The monoisotopic (exact) mass is 215 g/mol. The first-order chi connectivity index (χ1) is 7.86. The maximum Gasteiger partial charge on any atom is 0.0113 e. The Kier molecular flexibility index (Phi) is 2.72. The fraction of sp³-hybridized carbons (Fsp3) is 0.600. The lowest BCUT2D eigenvalue weighted by Crippen LogP contribution is -2.36. The van der Waals surface area contributed by atoms with Crippen molar-refractivity contribution in [3.63, 3.8) is 0 Å². The number of rotatable bonds is 3. The van der Waals surface area contributed by atoms with Crippen molar-refractivity contribution in [2.45, 2.75) is 51.1 Å². The van der Waals surface area contributed by atoms with Crippen LogP contribution in [0.25, 0.3) is 0 Å². The Morgan fingerprint density at radius 1 is 1.25 bits per heavy atom. The highest BCUT2D eigenvalue weighted by Gasteiger charge is 2.36. The molecular weight excluding hydrogens is 194 g/mol. The second-order valence-electron chi connectivity index (χ2n) is 5.39. The Hall–Kier alpha value is -0.820. The fourth-order valence-electron chi connectivity index (χ4n) is 3.05. The molecule has 0 aliphatic heterocycles. The summed E-state index contributed by atoms with van der Waals surface area (Å²) in [5.41, 5.74) is 3.14. The highest BCUT2D eigenvalue weighted by atomic mass is 15.0. The minimum atomic E-state index is 0.733. The van der Waals surface area contributed by atoms with Crippen LogP contribution in [0, 0.1) is 5.92 Å². The van der Waals surface area contributed by atoms with Crippen LogP contribution in [0.4, 0.5) is 0 Å². The lowest BCUT2D eigenvalue weighted by atomic mass is 9.88. The van der Waals surface area contributed by atoms with Crippen molar-refractivity contribution < 1.29 is 0 Å². The van der Waals surface area contributed by atoms with E-state index in [1.807, 2.05) is 0 Å². The van der Waals surface area contributed by atoms with E-state index >= 15 is 0 Å². The summed E-state index contributed by atoms with van der Waals surface area (Å²) in [5.74, 6) is 0.970. The number of benzene rings is 1. The van der Waals surface area contributed by atoms with Gasteiger partial charge in [-0.15, -0.1) is 0 Å². The molecule has 1 saturated carbocycles. The molecule has 1 N–H and O–H groups in total. The van der Waals surface area contributed by atoms with Gasteiger partial charge in [0.2, 0.25) is 0 Å². The smallest absolute Gasteiger partial charge is 0.0113 e. The molecule has 0 bridgehead atoms. The average Bonchev–Trinajstić information content (AvgIpc) is 3.07. The third-order valence-electron chi connectivity index (χ3n) is 4.24. The second kappa shape index (κ2) is 4.21. The zero-order chi connectivity index (χ0) is 11.0. The molecular formula is C15H21N. The van der Waals surface area contributed by atoms with Crippen LogP contribution in [0.1, 0.15) is 37.3 Å². The van der Waals surface area contributed by atoms with Crippen LogP contribution >= 0.6 is 0 Å². The zero-order valence-electron chi connectivity index (χ0n) is 10.1. The third-order valence-corrected chi connectivity index (χ3v) is 4.24. The van der Waals surface area contributed by atoms with Crippen molar-refractivity contribution >= 4 is 0 Å². The normalized spacial score (nSPS) is 32.2. The molecule has 0 spiro atoms. The minimum absolute atomic E-state index is 0.733. The van der Waals surface area contributed by atoms with E-state index < -0.39 is 0 Å². The fourth-order valence-corrected chi connectivity index (χ4v) is 3.05. The van der Waals surface area contributed by atoms with Crippen LogP contribution in [0.2, 0.25) is 0 Å². The molecule has 1 fully saturated rings. The van der Waals surface area contributed by atoms with Gasteiger partial charge >= 0.3 is 0 Å². The van der Waals surface area contributed by atoms with E-state index in [0.29, 0.717) is 0 Å². The molecule has 3 unspecified atom stereocenters. The van der Waals surface area contributed by atoms with Gasteiger partial charge in [0.25, 0.3) is 0 Å². The van der Waals surface area contributed by atoms with Gasteiger partial charge in [0, 0.05) is 12.1 Å². The van der Waals surface area contributed by atoms with Gasteiger partial charge in [-0.2, -0.15) is 0 Å². The topological polar surface area (TPSA) is 12.0 Å². The molecule has 1 heteroatoms. The summed E-state index contributed by atoms with van der Waals surface area (Å²) in [7, 11) is 0. The molecule has 1 nitrogen and oxygen atoms in total. The molecule has 0 saturated heterocycles. The molecule has 0 heterocycles. The first-order valence-corrected chi connectivity index (χ1v) is 6.69. The van der Waals surface area contributed by atoms with Gasteiger partial charge in [-0.1, -0.05) is 37.6 Å². The lowest BCUT2D eigenvalue weighted by Gasteiger charge is -2.25. The average molecular weight is 215 g/mol. The van der Waals surface area contributed by atoms with Crippen LogP contribution < -0.4 is 5.32 Å². The molecule has 2 aliphatic carbocycles. The summed E-state index contributed by atoms with van der Waals surface area (Å²) in [5, 5.41) is 3.83. The first kappa shape index (κ1) is 10.3. The molecule has 3 rings (SSSR count). The number of hydrogen-bond acceptors (Lipinski definition) is 1. The quantitative estimate of drug-likeness (QED) is 0.817.